The molecular formula is C22N8O2. The van der Waals surface area contributed by atoms with Gasteiger partial charge in [-0.1, -0.05) is 0 Å². The summed E-state index contributed by atoms with van der Waals surface area (Å²) in [5.74, 6) is -2.34. The molecule has 32 heavy (non-hydrogen) atoms. The summed E-state index contributed by atoms with van der Waals surface area (Å²) in [7, 11) is 0. The van der Waals surface area contributed by atoms with Crippen molar-refractivity contribution >= 4 is 11.6 Å². The van der Waals surface area contributed by atoms with Crippen molar-refractivity contribution < 1.29 is 9.59 Å². The third kappa shape index (κ3) is 2.25. The second kappa shape index (κ2) is 7.26. The largest absolute Gasteiger partial charge is 0.288 e. The number of nitrogens with zero attached hydrogens (tertiary/aromatic N) is 8. The zero-order valence-corrected chi connectivity index (χ0v) is 15.4. The molecule has 0 saturated carbocycles. The fraction of sp³-hybridized carbons (Fsp3) is 0. The summed E-state index contributed by atoms with van der Waals surface area (Å²) in [6.07, 6.45) is 0. The van der Waals surface area contributed by atoms with Crippen molar-refractivity contribution in [2.24, 2.45) is 0 Å². The van der Waals surface area contributed by atoms with Gasteiger partial charge in [-0.3, -0.25) is 9.59 Å². The van der Waals surface area contributed by atoms with Crippen LogP contribution in [-0.2, 0) is 0 Å². The van der Waals surface area contributed by atoms with Crippen LogP contribution in [0.4, 0.5) is 0 Å². The molecule has 0 saturated heterocycles. The minimum absolute atomic E-state index is 0.608. The van der Waals surface area contributed by atoms with Crippen LogP contribution in [0.1, 0.15) is 76.4 Å². The molecule has 0 spiro atoms. The smallest absolute Gasteiger partial charge is 0.197 e. The van der Waals surface area contributed by atoms with Gasteiger partial charge in [0.15, 0.2) is 11.6 Å². The van der Waals surface area contributed by atoms with Crippen LogP contribution in [0.15, 0.2) is 0 Å². The first-order chi connectivity index (χ1) is 15.4. The van der Waals surface area contributed by atoms with Crippen LogP contribution in [0.2, 0.25) is 0 Å². The van der Waals surface area contributed by atoms with Crippen molar-refractivity contribution in [1.29, 1.82) is 42.1 Å². The van der Waals surface area contributed by atoms with Gasteiger partial charge < -0.3 is 0 Å². The van der Waals surface area contributed by atoms with E-state index in [2.05, 4.69) is 0 Å². The van der Waals surface area contributed by atoms with E-state index >= 15 is 0 Å². The molecule has 0 heterocycles. The first-order valence-corrected chi connectivity index (χ1v) is 8.20. The SMILES string of the molecule is N#Cc1c(C#N)c(C#N)c2c(c1C#N)C(=O)c1c(C#N)c(C#N)c(C#N)c(C#N)c1C2=O. The molecule has 0 unspecified atom stereocenters. The monoisotopic (exact) mass is 408 g/mol. The lowest BCUT2D eigenvalue weighted by Gasteiger charge is -2.23. The van der Waals surface area contributed by atoms with Crippen LogP contribution in [0.5, 0.6) is 0 Å². The molecule has 0 amide bonds. The minimum Gasteiger partial charge on any atom is -0.288 e. The molecule has 0 atom stereocenters. The Kier molecular flexibility index (Phi) is 4.64. The van der Waals surface area contributed by atoms with E-state index in [4.69, 9.17) is 0 Å². The molecule has 0 radical (unpaired) electrons. The zero-order valence-electron chi connectivity index (χ0n) is 15.4. The van der Waals surface area contributed by atoms with E-state index in [0.29, 0.717) is 0 Å². The van der Waals surface area contributed by atoms with E-state index in [0.717, 1.165) is 0 Å². The highest BCUT2D eigenvalue weighted by molar-refractivity contribution is 6.32. The molecule has 10 heteroatoms. The molecule has 0 aliphatic heterocycles. The van der Waals surface area contributed by atoms with Gasteiger partial charge in [0, 0.05) is 0 Å². The van der Waals surface area contributed by atoms with E-state index < -0.39 is 78.3 Å². The van der Waals surface area contributed by atoms with Crippen molar-refractivity contribution in [3.63, 3.8) is 0 Å². The highest BCUT2D eigenvalue weighted by Gasteiger charge is 2.42. The molecule has 0 aromatic heterocycles. The lowest BCUT2D eigenvalue weighted by molar-refractivity contribution is 0.0978. The number of carbonyl (C=O) groups excluding carboxylic acids is 2. The van der Waals surface area contributed by atoms with Gasteiger partial charge in [0.25, 0.3) is 0 Å². The van der Waals surface area contributed by atoms with Crippen LogP contribution in [0, 0.1) is 90.6 Å². The van der Waals surface area contributed by atoms with E-state index in [-0.39, 0.29) is 0 Å². The molecule has 1 aliphatic carbocycles. The second-order valence-corrected chi connectivity index (χ2v) is 6.05. The summed E-state index contributed by atoms with van der Waals surface area (Å²) in [6, 6.07) is 12.6. The number of benzene rings is 2. The van der Waals surface area contributed by atoms with Crippen molar-refractivity contribution in [3.8, 4) is 48.6 Å². The van der Waals surface area contributed by atoms with E-state index in [9.17, 15) is 51.7 Å². The number of carbonyl (C=O) groups is 2. The van der Waals surface area contributed by atoms with Gasteiger partial charge in [0.1, 0.15) is 48.6 Å². The fourth-order valence-corrected chi connectivity index (χ4v) is 3.55. The summed E-state index contributed by atoms with van der Waals surface area (Å²) in [5.41, 5.74) is -7.83. The molecule has 1 aliphatic rings. The third-order valence-corrected chi connectivity index (χ3v) is 4.80. The predicted molar refractivity (Wildman–Crippen MR) is 97.5 cm³/mol. The lowest BCUT2D eigenvalue weighted by atomic mass is 9.73. The quantitative estimate of drug-likeness (QED) is 0.519. The Morgan fingerprint density at radius 1 is 0.312 bits per heavy atom. The van der Waals surface area contributed by atoms with Gasteiger partial charge in [-0.2, -0.15) is 42.1 Å². The van der Waals surface area contributed by atoms with Crippen molar-refractivity contribution in [2.45, 2.75) is 0 Å². The zero-order chi connectivity index (χ0) is 23.7. The summed E-state index contributed by atoms with van der Waals surface area (Å²) in [4.78, 5) is 26.9. The van der Waals surface area contributed by atoms with Crippen LogP contribution in [0.3, 0.4) is 0 Å². The van der Waals surface area contributed by atoms with Crippen LogP contribution < -0.4 is 0 Å². The molecule has 3 rings (SSSR count). The Bertz CT molecular complexity index is 1440. The Balaban J connectivity index is 2.76. The number of rotatable bonds is 0. The van der Waals surface area contributed by atoms with Gasteiger partial charge in [0.05, 0.1) is 66.8 Å². The standard InChI is InChI=1S/C22N8O2/c23-1-9-10(2-24)14(6-28)18-17(13(9)5-27)21(31)19-15(7-29)11(3-25)12(4-26)16(8-30)20(19)22(18)32. The maximum absolute atomic E-state index is 13.4. The summed E-state index contributed by atoms with van der Waals surface area (Å²) < 4.78 is 0. The Hall–Kier alpha value is -6.30. The Morgan fingerprint density at radius 3 is 0.594 bits per heavy atom. The highest BCUT2D eigenvalue weighted by atomic mass is 16.1. The normalized spacial score (nSPS) is 10.4. The van der Waals surface area contributed by atoms with Gasteiger partial charge >= 0.3 is 0 Å². The fourth-order valence-electron chi connectivity index (χ4n) is 3.55. The average molecular weight is 408 g/mol. The lowest BCUT2D eigenvalue weighted by Crippen LogP contribution is -2.28. The Labute approximate surface area is 179 Å². The van der Waals surface area contributed by atoms with Gasteiger partial charge in [-0.05, 0) is 0 Å². The molecule has 140 valence electrons. The summed E-state index contributed by atoms with van der Waals surface area (Å²) in [6.45, 7) is 0. The first-order valence-electron chi connectivity index (χ1n) is 8.20. The second-order valence-electron chi connectivity index (χ2n) is 6.05. The van der Waals surface area contributed by atoms with Gasteiger partial charge in [-0.25, -0.2) is 0 Å². The molecule has 10 nitrogen and oxygen atoms in total. The molecule has 0 bridgehead atoms. The van der Waals surface area contributed by atoms with Crippen molar-refractivity contribution in [1.82, 2.24) is 0 Å². The first kappa shape index (κ1) is 20.4. The topological polar surface area (TPSA) is 224 Å². The van der Waals surface area contributed by atoms with Gasteiger partial charge in [-0.15, -0.1) is 0 Å². The number of hydrogen-bond donors (Lipinski definition) is 0. The van der Waals surface area contributed by atoms with E-state index in [1.807, 2.05) is 0 Å². The van der Waals surface area contributed by atoms with E-state index in [1.165, 1.54) is 0 Å². The maximum Gasteiger partial charge on any atom is 0.197 e. The molecule has 2 aromatic rings. The van der Waals surface area contributed by atoms with Crippen LogP contribution >= 0.6 is 0 Å². The predicted octanol–water partition coefficient (Wildman–Crippen LogP) is 1.44. The van der Waals surface area contributed by atoms with Gasteiger partial charge in [0.2, 0.25) is 0 Å². The number of ketones is 2. The van der Waals surface area contributed by atoms with Crippen LogP contribution in [0.25, 0.3) is 0 Å². The number of fused-ring (bicyclic) bond motifs is 2. The summed E-state index contributed by atoms with van der Waals surface area (Å²) in [5, 5.41) is 76.1. The van der Waals surface area contributed by atoms with E-state index in [1.54, 1.807) is 48.6 Å². The minimum atomic E-state index is -1.17. The van der Waals surface area contributed by atoms with Crippen LogP contribution in [-0.4, -0.2) is 11.6 Å². The van der Waals surface area contributed by atoms with Crippen molar-refractivity contribution in [2.75, 3.05) is 0 Å². The number of nitriles is 8. The average Bonchev–Trinajstić information content (AvgIpc) is 2.82. The highest BCUT2D eigenvalue weighted by Crippen LogP contribution is 2.39. The third-order valence-electron chi connectivity index (χ3n) is 4.80. The molecular weight excluding hydrogens is 408 g/mol. The summed E-state index contributed by atoms with van der Waals surface area (Å²) >= 11 is 0. The number of hydrogen-bond acceptors (Lipinski definition) is 10. The maximum atomic E-state index is 13.4. The Morgan fingerprint density at radius 2 is 0.469 bits per heavy atom. The van der Waals surface area contributed by atoms with Crippen molar-refractivity contribution in [3.05, 3.63) is 66.8 Å². The molecule has 0 N–H and O–H groups in total. The molecule has 2 aromatic carbocycles. The molecule has 0 fully saturated rings.